The summed E-state index contributed by atoms with van der Waals surface area (Å²) < 4.78 is 32.3. The van der Waals surface area contributed by atoms with Crippen molar-refractivity contribution in [3.63, 3.8) is 0 Å². The minimum atomic E-state index is -0.666. The smallest absolute Gasteiger partial charge is 0.254 e. The van der Waals surface area contributed by atoms with Gasteiger partial charge in [-0.2, -0.15) is 0 Å². The minimum absolute atomic E-state index is 0.0151. The number of carbonyl (C=O) groups excluding carboxylic acids is 1. The summed E-state index contributed by atoms with van der Waals surface area (Å²) in [6, 6.07) is 4.13. The second-order valence-corrected chi connectivity index (χ2v) is 11.4. The Hall–Kier alpha value is -4.19. The van der Waals surface area contributed by atoms with E-state index < -0.39 is 17.7 Å². The fourth-order valence-electron chi connectivity index (χ4n) is 5.75. The number of β-amino-alcohol motifs (C(OH)–C–C–N with tert-alkyl or cyclic N) is 1. The van der Waals surface area contributed by atoms with Gasteiger partial charge in [0.05, 0.1) is 17.2 Å². The maximum absolute atomic E-state index is 15.3. The van der Waals surface area contributed by atoms with Crippen LogP contribution in [-0.2, 0) is 0 Å². The molecule has 220 valence electrons. The largest absolute Gasteiger partial charge is 0.391 e. The molecule has 0 spiro atoms. The molecule has 0 bridgehead atoms. The SMILES string of the molecule is CC(C)c1cnc(N2CCC(n3cc(F)c4c(Nc5ccc(C(=O)N6CCC[C@@H](O)C6)cc5F)ncnc43)CC2)nc1. The number of likely N-dealkylation sites (tertiary alicyclic amines) is 1. The van der Waals surface area contributed by atoms with Gasteiger partial charge in [0.1, 0.15) is 23.6 Å². The second-order valence-electron chi connectivity index (χ2n) is 11.4. The number of rotatable bonds is 6. The lowest BCUT2D eigenvalue weighted by Crippen LogP contribution is -2.42. The number of hydrogen-bond acceptors (Lipinski definition) is 8. The molecule has 3 aromatic heterocycles. The number of aliphatic hydroxyl groups excluding tert-OH is 1. The monoisotopic (exact) mass is 576 g/mol. The third-order valence-electron chi connectivity index (χ3n) is 8.18. The number of fused-ring (bicyclic) bond motifs is 1. The summed E-state index contributed by atoms with van der Waals surface area (Å²) in [4.78, 5) is 34.1. The molecule has 1 aromatic carbocycles. The first-order valence-corrected chi connectivity index (χ1v) is 14.4. The number of carbonyl (C=O) groups is 1. The van der Waals surface area contributed by atoms with Crippen molar-refractivity contribution in [3.05, 3.63) is 65.9 Å². The number of halogens is 2. The van der Waals surface area contributed by atoms with E-state index in [1.807, 2.05) is 17.0 Å². The van der Waals surface area contributed by atoms with E-state index in [-0.39, 0.29) is 40.9 Å². The third kappa shape index (κ3) is 5.50. The van der Waals surface area contributed by atoms with Gasteiger partial charge in [-0.25, -0.2) is 28.7 Å². The highest BCUT2D eigenvalue weighted by molar-refractivity contribution is 5.95. The van der Waals surface area contributed by atoms with Crippen LogP contribution in [0.5, 0.6) is 0 Å². The maximum Gasteiger partial charge on any atom is 0.254 e. The normalized spacial score (nSPS) is 18.2. The summed E-state index contributed by atoms with van der Waals surface area (Å²) in [7, 11) is 0. The molecule has 2 fully saturated rings. The first kappa shape index (κ1) is 28.0. The van der Waals surface area contributed by atoms with Crippen molar-refractivity contribution in [2.75, 3.05) is 36.4 Å². The van der Waals surface area contributed by atoms with Gasteiger partial charge < -0.3 is 24.8 Å². The fraction of sp³-hybridized carbons (Fsp3) is 0.433. The van der Waals surface area contributed by atoms with Gasteiger partial charge in [0.2, 0.25) is 5.95 Å². The summed E-state index contributed by atoms with van der Waals surface area (Å²) in [5.74, 6) is -0.302. The maximum atomic E-state index is 15.3. The first-order chi connectivity index (χ1) is 20.3. The van der Waals surface area contributed by atoms with E-state index in [0.29, 0.717) is 36.9 Å². The summed E-state index contributed by atoms with van der Waals surface area (Å²) in [6.45, 7) is 6.39. The molecule has 10 nitrogen and oxygen atoms in total. The number of nitrogens with zero attached hydrogens (tertiary/aromatic N) is 7. The minimum Gasteiger partial charge on any atom is -0.391 e. The van der Waals surface area contributed by atoms with Gasteiger partial charge >= 0.3 is 0 Å². The molecule has 12 heteroatoms. The number of aliphatic hydroxyl groups is 1. The van der Waals surface area contributed by atoms with Crippen LogP contribution in [0.4, 0.5) is 26.2 Å². The molecule has 0 aliphatic carbocycles. The Kier molecular flexibility index (Phi) is 7.72. The predicted octanol–water partition coefficient (Wildman–Crippen LogP) is 4.80. The number of benzene rings is 1. The number of nitrogens with one attached hydrogen (secondary N) is 1. The molecule has 0 saturated carbocycles. The van der Waals surface area contributed by atoms with Crippen molar-refractivity contribution in [2.24, 2.45) is 0 Å². The van der Waals surface area contributed by atoms with E-state index in [0.717, 1.165) is 37.6 Å². The molecule has 2 N–H and O–H groups in total. The summed E-state index contributed by atoms with van der Waals surface area (Å²) in [6.07, 6.45) is 8.78. The summed E-state index contributed by atoms with van der Waals surface area (Å²) >= 11 is 0. The molecular weight excluding hydrogens is 542 g/mol. The zero-order chi connectivity index (χ0) is 29.4. The zero-order valence-corrected chi connectivity index (χ0v) is 23.7. The standard InChI is InChI=1S/C30H34F2N8O2/c1-18(2)20-13-33-30(34-14-20)38-10-7-21(8-11-38)40-16-24(32)26-27(35-17-36-28(26)40)37-25-6-5-19(12-23(25)31)29(42)39-9-3-4-22(41)15-39/h5-6,12-14,16-18,21-22,41H,3-4,7-11,15H2,1-2H3,(H,35,36,37)/t22-/m1/s1. The van der Waals surface area contributed by atoms with Crippen LogP contribution in [-0.4, -0.2) is 72.7 Å². The molecule has 2 saturated heterocycles. The number of piperidine rings is 2. The number of anilines is 3. The average molecular weight is 577 g/mol. The quantitative estimate of drug-likeness (QED) is 0.337. The Morgan fingerprint density at radius 1 is 1.02 bits per heavy atom. The lowest BCUT2D eigenvalue weighted by Gasteiger charge is -2.32. The fourth-order valence-corrected chi connectivity index (χ4v) is 5.75. The Bertz CT molecular complexity index is 1580. The van der Waals surface area contributed by atoms with E-state index >= 15 is 8.78 Å². The van der Waals surface area contributed by atoms with E-state index in [9.17, 15) is 9.90 Å². The van der Waals surface area contributed by atoms with Gasteiger partial charge in [0.25, 0.3) is 5.91 Å². The van der Waals surface area contributed by atoms with Gasteiger partial charge in [-0.1, -0.05) is 13.8 Å². The molecule has 42 heavy (non-hydrogen) atoms. The summed E-state index contributed by atoms with van der Waals surface area (Å²) in [5, 5.41) is 13.0. The van der Waals surface area contributed by atoms with Crippen molar-refractivity contribution >= 4 is 34.4 Å². The Labute approximate surface area is 242 Å². The van der Waals surface area contributed by atoms with Crippen LogP contribution >= 0.6 is 0 Å². The lowest BCUT2D eigenvalue weighted by molar-refractivity contribution is 0.0473. The van der Waals surface area contributed by atoms with Crippen molar-refractivity contribution in [1.29, 1.82) is 0 Å². The summed E-state index contributed by atoms with van der Waals surface area (Å²) in [5.41, 5.74) is 1.77. The van der Waals surface area contributed by atoms with E-state index in [4.69, 9.17) is 0 Å². The number of hydrogen-bond donors (Lipinski definition) is 2. The topological polar surface area (TPSA) is 112 Å². The molecular formula is C30H34F2N8O2. The third-order valence-corrected chi connectivity index (χ3v) is 8.18. The van der Waals surface area contributed by atoms with Crippen molar-refractivity contribution in [2.45, 2.75) is 57.6 Å². The van der Waals surface area contributed by atoms with E-state index in [1.54, 1.807) is 0 Å². The van der Waals surface area contributed by atoms with Gasteiger partial charge in [-0.3, -0.25) is 4.79 Å². The molecule has 4 aromatic rings. The van der Waals surface area contributed by atoms with Gasteiger partial charge in [0.15, 0.2) is 5.82 Å². The molecule has 2 aliphatic heterocycles. The molecule has 0 radical (unpaired) electrons. The highest BCUT2D eigenvalue weighted by atomic mass is 19.1. The van der Waals surface area contributed by atoms with Gasteiger partial charge in [0, 0.05) is 56.4 Å². The van der Waals surface area contributed by atoms with Crippen molar-refractivity contribution in [1.82, 2.24) is 29.4 Å². The Morgan fingerprint density at radius 3 is 2.48 bits per heavy atom. The number of amides is 1. The molecule has 6 rings (SSSR count). The molecule has 1 amide bonds. The Balaban J connectivity index is 1.17. The molecule has 0 unspecified atom stereocenters. The highest BCUT2D eigenvalue weighted by Crippen LogP contribution is 2.33. The Morgan fingerprint density at radius 2 is 1.79 bits per heavy atom. The molecule has 1 atom stereocenters. The van der Waals surface area contributed by atoms with Crippen molar-refractivity contribution in [3.8, 4) is 0 Å². The van der Waals surface area contributed by atoms with Crippen LogP contribution in [0.2, 0.25) is 0 Å². The van der Waals surface area contributed by atoms with Gasteiger partial charge in [-0.05, 0) is 55.4 Å². The van der Waals surface area contributed by atoms with Crippen LogP contribution in [0.3, 0.4) is 0 Å². The van der Waals surface area contributed by atoms with Crippen LogP contribution in [0.1, 0.15) is 67.4 Å². The van der Waals surface area contributed by atoms with Gasteiger partial charge in [-0.15, -0.1) is 0 Å². The molecule has 5 heterocycles. The van der Waals surface area contributed by atoms with Crippen molar-refractivity contribution < 1.29 is 18.7 Å². The van der Waals surface area contributed by atoms with E-state index in [2.05, 4.69) is 44.0 Å². The predicted molar refractivity (Wildman–Crippen MR) is 155 cm³/mol. The van der Waals surface area contributed by atoms with Crippen LogP contribution < -0.4 is 10.2 Å². The van der Waals surface area contributed by atoms with Crippen LogP contribution in [0.25, 0.3) is 11.0 Å². The molecule has 2 aliphatic rings. The van der Waals surface area contributed by atoms with Crippen LogP contribution in [0.15, 0.2) is 43.1 Å². The first-order valence-electron chi connectivity index (χ1n) is 14.4. The zero-order valence-electron chi connectivity index (χ0n) is 23.7. The number of aromatic nitrogens is 5. The lowest BCUT2D eigenvalue weighted by atomic mass is 10.1. The second kappa shape index (κ2) is 11.6. The van der Waals surface area contributed by atoms with E-state index in [1.165, 1.54) is 29.6 Å². The average Bonchev–Trinajstić information content (AvgIpc) is 3.35. The van der Waals surface area contributed by atoms with Crippen LogP contribution in [0, 0.1) is 11.6 Å². The highest BCUT2D eigenvalue weighted by Gasteiger charge is 2.27.